The summed E-state index contributed by atoms with van der Waals surface area (Å²) in [5, 5.41) is 37.1. The van der Waals surface area contributed by atoms with Gasteiger partial charge in [0.25, 0.3) is 0 Å². The second kappa shape index (κ2) is 40.5. The molecule has 500 valence electrons. The van der Waals surface area contributed by atoms with Gasteiger partial charge >= 0.3 is 11.9 Å². The summed E-state index contributed by atoms with van der Waals surface area (Å²) in [6.07, 6.45) is 18.8. The molecule has 4 heterocycles. The van der Waals surface area contributed by atoms with Crippen LogP contribution < -0.4 is 26.6 Å². The third-order valence-electron chi connectivity index (χ3n) is 15.4. The predicted molar refractivity (Wildman–Crippen MR) is 342 cm³/mol. The Morgan fingerprint density at radius 3 is 1.81 bits per heavy atom. The van der Waals surface area contributed by atoms with Gasteiger partial charge in [-0.05, 0) is 84.8 Å². The number of pyridine rings is 1. The molecule has 1 fully saturated rings. The van der Waals surface area contributed by atoms with E-state index in [1.807, 2.05) is 19.1 Å². The lowest BCUT2D eigenvalue weighted by molar-refractivity contribution is -0.142. The monoisotopic (exact) mass is 1330 g/mol. The lowest BCUT2D eigenvalue weighted by atomic mass is 9.87. The van der Waals surface area contributed by atoms with Crippen LogP contribution in [0.25, 0.3) is 22.0 Å². The highest BCUT2D eigenvalue weighted by molar-refractivity contribution is 9.10. The number of aromatic nitrogens is 5. The Kier molecular flexibility index (Phi) is 33.1. The Morgan fingerprint density at radius 1 is 0.670 bits per heavy atom. The molecule has 1 aliphatic heterocycles. The number of amides is 6. The molecule has 6 amide bonds. The average molecular weight is 1340 g/mol. The quantitative estimate of drug-likeness (QED) is 0.0136. The normalized spacial score (nSPS) is 14.9. The predicted octanol–water partition coefficient (Wildman–Crippen LogP) is 6.81. The van der Waals surface area contributed by atoms with Gasteiger partial charge in [-0.2, -0.15) is 5.10 Å². The largest absolute Gasteiger partial charge is 0.481 e. The van der Waals surface area contributed by atoms with Crippen LogP contribution in [-0.4, -0.2) is 184 Å². The van der Waals surface area contributed by atoms with E-state index in [0.29, 0.717) is 39.1 Å². The Morgan fingerprint density at radius 2 is 1.23 bits per heavy atom. The number of carbonyl (C=O) groups excluding carboxylic acids is 7. The van der Waals surface area contributed by atoms with Crippen molar-refractivity contribution < 1.29 is 72.3 Å². The van der Waals surface area contributed by atoms with Crippen molar-refractivity contribution in [2.45, 2.75) is 168 Å². The van der Waals surface area contributed by atoms with Crippen molar-refractivity contribution in [3.8, 4) is 11.1 Å². The number of nitrogens with zero attached hydrogens (tertiary/aromatic N) is 6. The number of benzene rings is 1. The molecular weight excluding hydrogens is 1240 g/mol. The number of unbranched alkanes of at least 4 members (excludes halogenated alkanes) is 13. The molecule has 0 spiro atoms. The number of carboxylic acid groups (broad SMARTS) is 2. The van der Waals surface area contributed by atoms with Gasteiger partial charge in [0.05, 0.1) is 45.2 Å². The van der Waals surface area contributed by atoms with Crippen LogP contribution in [0.15, 0.2) is 47.3 Å². The van der Waals surface area contributed by atoms with Gasteiger partial charge < -0.3 is 60.6 Å². The number of carbonyl (C=O) groups is 9. The molecule has 0 radical (unpaired) electrons. The summed E-state index contributed by atoms with van der Waals surface area (Å²) in [6.45, 7) is 7.56. The standard InChI is InChI=1S/C64H92BrN11O15/c1-44-21-25-53(65)72-61(44)73-62(85)52-36-64(4,43-75(52)58(82)39-76-51-24-22-47(48-37-68-46(3)69-38-48)35-49(51)60(74-76)45(2)77)42-70-57(81)41-91-34-32-89-30-28-67-56(80)40-90-33-31-88-29-27-66-54(78)26-23-50(63(86)87)71-55(79)19-17-15-13-11-9-7-5-6-8-10-12-14-16-18-20-59(83)84/h21-22,24-25,35,37-38,50,52H,5-20,23,26-34,36,39-43H2,1-4H3,(H,66,78)(H,67,80)(H,70,81)(H,71,79)(H,83,84)(H,86,87)(H,72,73,85)/t50-,52-,64+/m0/s1. The van der Waals surface area contributed by atoms with Gasteiger partial charge in [-0.3, -0.25) is 43.0 Å². The molecule has 7 N–H and O–H groups in total. The van der Waals surface area contributed by atoms with Crippen molar-refractivity contribution in [3.05, 3.63) is 64.4 Å². The van der Waals surface area contributed by atoms with Crippen molar-refractivity contribution in [3.63, 3.8) is 0 Å². The summed E-state index contributed by atoms with van der Waals surface area (Å²) in [5.74, 6) is -3.65. The molecule has 0 bridgehead atoms. The van der Waals surface area contributed by atoms with Crippen LogP contribution in [0.3, 0.4) is 0 Å². The Labute approximate surface area is 540 Å². The van der Waals surface area contributed by atoms with Gasteiger partial charge in [-0.25, -0.2) is 19.7 Å². The van der Waals surface area contributed by atoms with E-state index in [0.717, 1.165) is 62.5 Å². The van der Waals surface area contributed by atoms with Crippen molar-refractivity contribution in [1.29, 1.82) is 0 Å². The average Bonchev–Trinajstić information content (AvgIpc) is 1.65. The van der Waals surface area contributed by atoms with Crippen LogP contribution in [0.4, 0.5) is 5.82 Å². The molecule has 0 saturated carbocycles. The lowest BCUT2D eigenvalue weighted by Gasteiger charge is -2.25. The zero-order chi connectivity index (χ0) is 66.0. The maximum absolute atomic E-state index is 14.4. The Hall–Kier alpha value is -7.33. The molecule has 1 aromatic carbocycles. The van der Waals surface area contributed by atoms with Crippen molar-refractivity contribution in [2.75, 3.05) is 84.4 Å². The number of hydrogen-bond acceptors (Lipinski definition) is 17. The first kappa shape index (κ1) is 74.4. The first-order valence-corrected chi connectivity index (χ1v) is 32.4. The second-order valence-electron chi connectivity index (χ2n) is 23.3. The number of aliphatic carboxylic acids is 2. The van der Waals surface area contributed by atoms with E-state index in [9.17, 15) is 48.3 Å². The van der Waals surface area contributed by atoms with E-state index >= 15 is 0 Å². The van der Waals surface area contributed by atoms with Gasteiger partial charge in [-0.15, -0.1) is 0 Å². The van der Waals surface area contributed by atoms with Gasteiger partial charge in [0, 0.05) is 81.1 Å². The summed E-state index contributed by atoms with van der Waals surface area (Å²) >= 11 is 3.36. The Bertz CT molecular complexity index is 3020. The summed E-state index contributed by atoms with van der Waals surface area (Å²) in [6, 6.07) is 6.87. The fourth-order valence-electron chi connectivity index (χ4n) is 10.4. The van der Waals surface area contributed by atoms with Gasteiger partial charge in [0.1, 0.15) is 53.8 Å². The summed E-state index contributed by atoms with van der Waals surface area (Å²) < 4.78 is 23.8. The number of halogens is 1. The molecule has 3 atom stereocenters. The molecule has 27 heteroatoms. The molecule has 5 rings (SSSR count). The number of carboxylic acids is 2. The minimum absolute atomic E-state index is 0.0522. The first-order chi connectivity index (χ1) is 43.7. The van der Waals surface area contributed by atoms with Gasteiger partial charge in [0.2, 0.25) is 35.4 Å². The number of aryl methyl sites for hydroxylation is 2. The number of hydrogen-bond donors (Lipinski definition) is 7. The molecule has 26 nitrogen and oxygen atoms in total. The summed E-state index contributed by atoms with van der Waals surface area (Å²) in [5.41, 5.74) is 2.22. The number of ketones is 1. The van der Waals surface area contributed by atoms with Crippen molar-refractivity contribution in [2.24, 2.45) is 5.41 Å². The maximum Gasteiger partial charge on any atom is 0.326 e. The van der Waals surface area contributed by atoms with Gasteiger partial charge in [0.15, 0.2) is 5.78 Å². The number of rotatable bonds is 46. The van der Waals surface area contributed by atoms with Crippen LogP contribution in [0.1, 0.15) is 158 Å². The highest BCUT2D eigenvalue weighted by Crippen LogP contribution is 2.36. The zero-order valence-corrected chi connectivity index (χ0v) is 54.7. The SMILES string of the molecule is CC(=O)c1nn(CC(=O)N2C[C@@](C)(CNC(=O)COCCOCCNC(=O)COCCOCCNC(=O)CC[C@H](NC(=O)CCCCCCCCCCCCCCCCC(=O)O)C(=O)O)C[C@H]2C(=O)Nc2nc(Br)ccc2C)c2ccc(-c3cnc(C)nc3)cc12. The molecule has 4 aromatic rings. The van der Waals surface area contributed by atoms with Crippen LogP contribution in [0.2, 0.25) is 0 Å². The summed E-state index contributed by atoms with van der Waals surface area (Å²) in [7, 11) is 0. The number of ether oxygens (including phenoxy) is 4. The topological polar surface area (TPSA) is 351 Å². The summed E-state index contributed by atoms with van der Waals surface area (Å²) in [4.78, 5) is 128. The minimum Gasteiger partial charge on any atom is -0.481 e. The molecule has 3 aromatic heterocycles. The second-order valence-corrected chi connectivity index (χ2v) is 24.1. The lowest BCUT2D eigenvalue weighted by Crippen LogP contribution is -2.45. The van der Waals surface area contributed by atoms with E-state index in [1.54, 1.807) is 44.4 Å². The van der Waals surface area contributed by atoms with E-state index in [1.165, 1.54) is 48.6 Å². The van der Waals surface area contributed by atoms with Gasteiger partial charge in [-0.1, -0.05) is 96.1 Å². The molecule has 91 heavy (non-hydrogen) atoms. The fraction of sp³-hybridized carbons (Fsp3) is 0.609. The minimum atomic E-state index is -1.20. The van der Waals surface area contributed by atoms with E-state index in [4.69, 9.17) is 24.1 Å². The number of anilines is 1. The fourth-order valence-corrected chi connectivity index (χ4v) is 10.7. The molecule has 1 aliphatic rings. The van der Waals surface area contributed by atoms with Crippen molar-refractivity contribution >= 4 is 85.8 Å². The number of fused-ring (bicyclic) bond motifs is 1. The number of nitrogens with one attached hydrogen (secondary N) is 5. The smallest absolute Gasteiger partial charge is 0.326 e. The zero-order valence-electron chi connectivity index (χ0n) is 53.1. The van der Waals surface area contributed by atoms with E-state index < -0.39 is 47.2 Å². The molecular formula is C64H92BrN11O15. The number of likely N-dealkylation sites (tertiary alicyclic amines) is 1. The van der Waals surface area contributed by atoms with E-state index in [-0.39, 0.29) is 147 Å². The van der Waals surface area contributed by atoms with Crippen LogP contribution in [0.5, 0.6) is 0 Å². The molecule has 0 aliphatic carbocycles. The highest BCUT2D eigenvalue weighted by atomic mass is 79.9. The Balaban J connectivity index is 0.881. The maximum atomic E-state index is 14.4. The van der Waals surface area contributed by atoms with Crippen molar-refractivity contribution in [1.82, 2.24) is 50.9 Å². The highest BCUT2D eigenvalue weighted by Gasteiger charge is 2.46. The van der Waals surface area contributed by atoms with Crippen LogP contribution in [0, 0.1) is 19.3 Å². The third kappa shape index (κ3) is 28.0. The van der Waals surface area contributed by atoms with E-state index in [2.05, 4.69) is 62.6 Å². The van der Waals surface area contributed by atoms with Crippen LogP contribution >= 0.6 is 15.9 Å². The number of Topliss-reactive ketones (excluding diaryl/α,β-unsaturated/α-hetero) is 1. The van der Waals surface area contributed by atoms with Crippen LogP contribution in [-0.2, 0) is 63.8 Å². The third-order valence-corrected chi connectivity index (χ3v) is 15.9. The molecule has 1 saturated heterocycles. The first-order valence-electron chi connectivity index (χ1n) is 31.6. The molecule has 0 unspecified atom stereocenters.